The van der Waals surface area contributed by atoms with Crippen LogP contribution in [0.15, 0.2) is 48.5 Å². The summed E-state index contributed by atoms with van der Waals surface area (Å²) in [5.74, 6) is 1.15. The van der Waals surface area contributed by atoms with E-state index in [0.29, 0.717) is 24.0 Å². The first kappa shape index (κ1) is 27.1. The number of carbonyl (C=O) groups excluding carboxylic acids is 2. The van der Waals surface area contributed by atoms with Gasteiger partial charge in [0.25, 0.3) is 5.91 Å². The average Bonchev–Trinajstić information content (AvgIpc) is 3.12. The summed E-state index contributed by atoms with van der Waals surface area (Å²) in [6.45, 7) is 10.6. The van der Waals surface area contributed by atoms with Crippen LogP contribution in [0.4, 0.5) is 11.4 Å². The molecule has 2 saturated heterocycles. The maximum absolute atomic E-state index is 13.6. The Labute approximate surface area is 225 Å². The molecular weight excluding hydrogens is 484 g/mol. The summed E-state index contributed by atoms with van der Waals surface area (Å²) in [5, 5.41) is 3.40. The van der Waals surface area contributed by atoms with Gasteiger partial charge in [-0.05, 0) is 93.8 Å². The lowest BCUT2D eigenvalue weighted by molar-refractivity contribution is -0.124. The zero-order valence-corrected chi connectivity index (χ0v) is 22.9. The molecule has 7 nitrogen and oxygen atoms in total. The van der Waals surface area contributed by atoms with Gasteiger partial charge in [0.2, 0.25) is 5.91 Å². The van der Waals surface area contributed by atoms with Crippen LogP contribution in [-0.4, -0.2) is 65.6 Å². The number of thiocarbonyl (C=S) groups is 1. The third kappa shape index (κ3) is 6.87. The lowest BCUT2D eigenvalue weighted by Gasteiger charge is -2.32. The number of hydrogen-bond acceptors (Lipinski definition) is 5. The number of piperidine rings is 1. The van der Waals surface area contributed by atoms with E-state index in [1.165, 1.54) is 12.8 Å². The molecule has 1 N–H and O–H groups in total. The second-order valence-corrected chi connectivity index (χ2v) is 10.5. The summed E-state index contributed by atoms with van der Waals surface area (Å²) < 4.78 is 5.62. The Morgan fingerprint density at radius 2 is 1.73 bits per heavy atom. The Hall–Kier alpha value is -2.97. The molecule has 0 radical (unpaired) electrons. The first-order valence-electron chi connectivity index (χ1n) is 13.3. The van der Waals surface area contributed by atoms with E-state index in [1.54, 1.807) is 4.90 Å². The lowest BCUT2D eigenvalue weighted by Crippen LogP contribution is -2.44. The van der Waals surface area contributed by atoms with Gasteiger partial charge in [0, 0.05) is 18.8 Å². The molecule has 1 atom stereocenters. The summed E-state index contributed by atoms with van der Waals surface area (Å²) in [5.41, 5.74) is 2.52. The number of hydrogen-bond donors (Lipinski definition) is 1. The molecule has 2 amide bonds. The molecule has 2 aliphatic rings. The summed E-state index contributed by atoms with van der Waals surface area (Å²) in [6, 6.07) is 14.4. The van der Waals surface area contributed by atoms with Gasteiger partial charge < -0.3 is 19.9 Å². The zero-order valence-electron chi connectivity index (χ0n) is 22.1. The fourth-order valence-electron chi connectivity index (χ4n) is 4.80. The Balaban J connectivity index is 1.46. The fourth-order valence-corrected chi connectivity index (χ4v) is 5.21. The van der Waals surface area contributed by atoms with Crippen molar-refractivity contribution in [2.45, 2.75) is 52.5 Å². The minimum atomic E-state index is -0.635. The number of carbonyl (C=O) groups is 2. The molecule has 0 aromatic heterocycles. The third-order valence-electron chi connectivity index (χ3n) is 7.13. The van der Waals surface area contributed by atoms with Crippen LogP contribution in [-0.2, 0) is 9.59 Å². The number of anilines is 2. The van der Waals surface area contributed by atoms with Crippen molar-refractivity contribution in [1.29, 1.82) is 0 Å². The molecule has 2 fully saturated rings. The van der Waals surface area contributed by atoms with Crippen molar-refractivity contribution < 1.29 is 14.3 Å². The molecule has 2 heterocycles. The number of nitrogens with zero attached hydrogens (tertiary/aromatic N) is 3. The summed E-state index contributed by atoms with van der Waals surface area (Å²) in [6.07, 6.45) is 3.34. The molecule has 8 heteroatoms. The quantitative estimate of drug-likeness (QED) is 0.450. The first-order chi connectivity index (χ1) is 17.9. The average molecular weight is 523 g/mol. The maximum atomic E-state index is 13.6. The van der Waals surface area contributed by atoms with Gasteiger partial charge in [-0.25, -0.2) is 0 Å². The molecule has 4 rings (SSSR count). The molecule has 0 spiro atoms. The lowest BCUT2D eigenvalue weighted by atomic mass is 9.99. The van der Waals surface area contributed by atoms with E-state index in [4.69, 9.17) is 17.0 Å². The number of nitrogens with one attached hydrogen (secondary N) is 1. The van der Waals surface area contributed by atoms with Gasteiger partial charge in [-0.15, -0.1) is 0 Å². The smallest absolute Gasteiger partial charge is 0.256 e. The molecule has 2 aromatic carbocycles. The topological polar surface area (TPSA) is 65.1 Å². The Kier molecular flexibility index (Phi) is 9.16. The minimum Gasteiger partial charge on any atom is -0.494 e. The molecule has 1 unspecified atom stereocenters. The highest BCUT2D eigenvalue weighted by Crippen LogP contribution is 2.28. The normalized spacial score (nSPS) is 18.9. The Bertz CT molecular complexity index is 1080. The zero-order chi connectivity index (χ0) is 26.4. The molecule has 198 valence electrons. The summed E-state index contributed by atoms with van der Waals surface area (Å²) >= 11 is 5.82. The number of benzene rings is 2. The monoisotopic (exact) mass is 522 g/mol. The molecule has 0 bridgehead atoms. The van der Waals surface area contributed by atoms with E-state index < -0.39 is 6.04 Å². The standard InChI is InChI=1S/C29H38N4O3S/c1-4-19-36-25-11-7-23(8-12-25)30-27(34)20-26-28(35)33(24-9-5-21(2)6-10-24)29(37)32(26)18-17-31-15-13-22(3)14-16-31/h5-12,22,26H,4,13-20H2,1-3H3,(H,30,34). The maximum Gasteiger partial charge on any atom is 0.256 e. The van der Waals surface area contributed by atoms with Gasteiger partial charge >= 0.3 is 0 Å². The van der Waals surface area contributed by atoms with Gasteiger partial charge in [-0.3, -0.25) is 14.5 Å². The summed E-state index contributed by atoms with van der Waals surface area (Å²) in [7, 11) is 0. The van der Waals surface area contributed by atoms with Gasteiger partial charge in [0.05, 0.1) is 18.7 Å². The second kappa shape index (κ2) is 12.5. The van der Waals surface area contributed by atoms with Crippen molar-refractivity contribution in [1.82, 2.24) is 9.80 Å². The number of aryl methyl sites for hydroxylation is 1. The van der Waals surface area contributed by atoms with Crippen LogP contribution >= 0.6 is 12.2 Å². The van der Waals surface area contributed by atoms with Crippen molar-refractivity contribution in [3.8, 4) is 5.75 Å². The largest absolute Gasteiger partial charge is 0.494 e. The van der Waals surface area contributed by atoms with Gasteiger partial charge in [-0.1, -0.05) is 31.5 Å². The molecular formula is C29H38N4O3S. The van der Waals surface area contributed by atoms with Crippen molar-refractivity contribution in [2.24, 2.45) is 5.92 Å². The van der Waals surface area contributed by atoms with Crippen LogP contribution in [0, 0.1) is 12.8 Å². The fraction of sp³-hybridized carbons (Fsp3) is 0.483. The van der Waals surface area contributed by atoms with E-state index in [9.17, 15) is 9.59 Å². The van der Waals surface area contributed by atoms with Gasteiger partial charge in [0.15, 0.2) is 5.11 Å². The molecule has 0 saturated carbocycles. The second-order valence-electron chi connectivity index (χ2n) is 10.2. The highest BCUT2D eigenvalue weighted by atomic mass is 32.1. The van der Waals surface area contributed by atoms with Crippen LogP contribution in [0.1, 0.15) is 45.1 Å². The van der Waals surface area contributed by atoms with Crippen molar-refractivity contribution in [3.05, 3.63) is 54.1 Å². The van der Waals surface area contributed by atoms with E-state index in [-0.39, 0.29) is 18.2 Å². The predicted octanol–water partition coefficient (Wildman–Crippen LogP) is 4.85. The highest BCUT2D eigenvalue weighted by Gasteiger charge is 2.44. The van der Waals surface area contributed by atoms with Gasteiger partial charge in [0.1, 0.15) is 11.8 Å². The highest BCUT2D eigenvalue weighted by molar-refractivity contribution is 7.80. The SMILES string of the molecule is CCCOc1ccc(NC(=O)CC2C(=O)N(c3ccc(C)cc3)C(=S)N2CCN2CCC(C)CC2)cc1. The van der Waals surface area contributed by atoms with E-state index in [1.807, 2.05) is 60.4 Å². The van der Waals surface area contributed by atoms with Crippen LogP contribution in [0.3, 0.4) is 0 Å². The van der Waals surface area contributed by atoms with E-state index in [0.717, 1.165) is 49.0 Å². The number of likely N-dealkylation sites (tertiary alicyclic amines) is 1. The molecule has 0 aliphatic carbocycles. The van der Waals surface area contributed by atoms with E-state index in [2.05, 4.69) is 24.1 Å². The molecule has 2 aromatic rings. The summed E-state index contributed by atoms with van der Waals surface area (Å²) in [4.78, 5) is 32.6. The van der Waals surface area contributed by atoms with Crippen LogP contribution in [0.25, 0.3) is 0 Å². The molecule has 2 aliphatic heterocycles. The Morgan fingerprint density at radius 1 is 1.05 bits per heavy atom. The van der Waals surface area contributed by atoms with Crippen LogP contribution < -0.4 is 15.0 Å². The number of amides is 2. The first-order valence-corrected chi connectivity index (χ1v) is 13.7. The van der Waals surface area contributed by atoms with Crippen molar-refractivity contribution >= 4 is 40.5 Å². The number of ether oxygens (including phenoxy) is 1. The van der Waals surface area contributed by atoms with Crippen LogP contribution in [0.2, 0.25) is 0 Å². The number of rotatable bonds is 10. The van der Waals surface area contributed by atoms with E-state index >= 15 is 0 Å². The van der Waals surface area contributed by atoms with Crippen molar-refractivity contribution in [3.63, 3.8) is 0 Å². The third-order valence-corrected chi connectivity index (χ3v) is 7.55. The minimum absolute atomic E-state index is 0.0342. The predicted molar refractivity (Wildman–Crippen MR) is 152 cm³/mol. The van der Waals surface area contributed by atoms with Gasteiger partial charge in [-0.2, -0.15) is 0 Å². The van der Waals surface area contributed by atoms with Crippen LogP contribution in [0.5, 0.6) is 5.75 Å². The molecule has 37 heavy (non-hydrogen) atoms. The van der Waals surface area contributed by atoms with Crippen molar-refractivity contribution in [2.75, 3.05) is 43.0 Å². The Morgan fingerprint density at radius 3 is 2.38 bits per heavy atom.